The molecule has 0 radical (unpaired) electrons. The Morgan fingerprint density at radius 1 is 1.07 bits per heavy atom. The fourth-order valence-corrected chi connectivity index (χ4v) is 3.93. The number of nitrogens with zero attached hydrogens (tertiary/aromatic N) is 2. The fourth-order valence-electron chi connectivity index (χ4n) is 3.07. The Kier molecular flexibility index (Phi) is 5.65. The quantitative estimate of drug-likeness (QED) is 0.822. The van der Waals surface area contributed by atoms with Crippen LogP contribution in [0.25, 0.3) is 0 Å². The number of rotatable bonds is 6. The summed E-state index contributed by atoms with van der Waals surface area (Å²) in [5.74, 6) is -0.951. The van der Waals surface area contributed by atoms with Crippen LogP contribution < -0.4 is 14.5 Å². The topological polar surface area (TPSA) is 69.7 Å². The summed E-state index contributed by atoms with van der Waals surface area (Å²) in [7, 11) is -3.69. The van der Waals surface area contributed by atoms with E-state index in [0.29, 0.717) is 5.69 Å². The lowest BCUT2D eigenvalue weighted by atomic mass is 10.2. The normalized spacial score (nSPS) is 14.2. The highest BCUT2D eigenvalue weighted by molar-refractivity contribution is 7.92. The SMILES string of the molecule is CS(=O)(=O)N(CC(=O)Nc1ccc(N2CCCC2)cc1)c1ccc(F)cc1. The van der Waals surface area contributed by atoms with Crippen molar-refractivity contribution in [2.24, 2.45) is 0 Å². The standard InChI is InChI=1S/C19H22FN3O3S/c1-27(25,26)23(18-8-4-15(20)5-9-18)14-19(24)21-16-6-10-17(11-7-16)22-12-2-3-13-22/h4-11H,2-3,12-14H2,1H3,(H,21,24). The van der Waals surface area contributed by atoms with Crippen molar-refractivity contribution in [3.05, 3.63) is 54.3 Å². The molecule has 2 aromatic rings. The zero-order valence-corrected chi connectivity index (χ0v) is 15.9. The van der Waals surface area contributed by atoms with E-state index in [1.54, 1.807) is 12.1 Å². The second kappa shape index (κ2) is 7.96. The third-order valence-electron chi connectivity index (χ3n) is 4.42. The molecule has 1 fully saturated rings. The zero-order chi connectivity index (χ0) is 19.4. The van der Waals surface area contributed by atoms with Crippen LogP contribution in [-0.4, -0.2) is 40.2 Å². The first kappa shape index (κ1) is 19.2. The summed E-state index contributed by atoms with van der Waals surface area (Å²) in [4.78, 5) is 14.6. The second-order valence-electron chi connectivity index (χ2n) is 6.54. The highest BCUT2D eigenvalue weighted by Crippen LogP contribution is 2.22. The number of nitrogens with one attached hydrogen (secondary N) is 1. The molecule has 27 heavy (non-hydrogen) atoms. The molecule has 0 saturated carbocycles. The number of sulfonamides is 1. The molecule has 0 unspecified atom stereocenters. The predicted molar refractivity (Wildman–Crippen MR) is 105 cm³/mol. The van der Waals surface area contributed by atoms with E-state index in [-0.39, 0.29) is 5.69 Å². The second-order valence-corrected chi connectivity index (χ2v) is 8.44. The van der Waals surface area contributed by atoms with E-state index in [2.05, 4.69) is 10.2 Å². The van der Waals surface area contributed by atoms with Crippen molar-refractivity contribution >= 4 is 33.0 Å². The summed E-state index contributed by atoms with van der Waals surface area (Å²) in [5.41, 5.74) is 1.93. The molecule has 8 heteroatoms. The van der Waals surface area contributed by atoms with Gasteiger partial charge in [0.1, 0.15) is 12.4 Å². The van der Waals surface area contributed by atoms with Crippen LogP contribution in [0.2, 0.25) is 0 Å². The van der Waals surface area contributed by atoms with Gasteiger partial charge in [-0.25, -0.2) is 12.8 Å². The fraction of sp³-hybridized carbons (Fsp3) is 0.316. The van der Waals surface area contributed by atoms with Gasteiger partial charge in [-0.2, -0.15) is 0 Å². The van der Waals surface area contributed by atoms with Crippen LogP contribution in [0.5, 0.6) is 0 Å². The average molecular weight is 391 g/mol. The minimum absolute atomic E-state index is 0.235. The number of anilines is 3. The van der Waals surface area contributed by atoms with E-state index in [0.717, 1.165) is 41.5 Å². The molecule has 1 saturated heterocycles. The van der Waals surface area contributed by atoms with Crippen LogP contribution >= 0.6 is 0 Å². The molecule has 0 aromatic heterocycles. The molecule has 0 bridgehead atoms. The Morgan fingerprint density at radius 3 is 2.22 bits per heavy atom. The smallest absolute Gasteiger partial charge is 0.245 e. The number of hydrogen-bond donors (Lipinski definition) is 1. The Morgan fingerprint density at radius 2 is 1.67 bits per heavy atom. The third kappa shape index (κ3) is 4.97. The first-order valence-electron chi connectivity index (χ1n) is 8.71. The Balaban J connectivity index is 1.68. The molecular formula is C19H22FN3O3S. The lowest BCUT2D eigenvalue weighted by Crippen LogP contribution is -2.37. The molecule has 144 valence electrons. The third-order valence-corrected chi connectivity index (χ3v) is 5.57. The minimum atomic E-state index is -3.69. The van der Waals surface area contributed by atoms with Crippen molar-refractivity contribution in [1.29, 1.82) is 0 Å². The minimum Gasteiger partial charge on any atom is -0.372 e. The molecule has 6 nitrogen and oxygen atoms in total. The van der Waals surface area contributed by atoms with E-state index < -0.39 is 28.3 Å². The predicted octanol–water partition coefficient (Wildman–Crippen LogP) is 2.83. The van der Waals surface area contributed by atoms with Crippen molar-refractivity contribution in [2.45, 2.75) is 12.8 Å². The van der Waals surface area contributed by atoms with Crippen molar-refractivity contribution in [1.82, 2.24) is 0 Å². The van der Waals surface area contributed by atoms with Gasteiger partial charge in [-0.05, 0) is 61.4 Å². The molecule has 1 heterocycles. The molecule has 1 aliphatic heterocycles. The van der Waals surface area contributed by atoms with Gasteiger partial charge in [0.05, 0.1) is 11.9 Å². The Labute approximate surface area is 158 Å². The molecule has 3 rings (SSSR count). The average Bonchev–Trinajstić information content (AvgIpc) is 3.15. The summed E-state index contributed by atoms with van der Waals surface area (Å²) in [5, 5.41) is 2.71. The largest absolute Gasteiger partial charge is 0.372 e. The van der Waals surface area contributed by atoms with Gasteiger partial charge in [-0.1, -0.05) is 0 Å². The van der Waals surface area contributed by atoms with Gasteiger partial charge in [-0.15, -0.1) is 0 Å². The monoisotopic (exact) mass is 391 g/mol. The lowest BCUT2D eigenvalue weighted by Gasteiger charge is -2.22. The van der Waals surface area contributed by atoms with Crippen molar-refractivity contribution in [3.63, 3.8) is 0 Å². The molecule has 1 aliphatic rings. The van der Waals surface area contributed by atoms with Crippen LogP contribution in [0.1, 0.15) is 12.8 Å². The highest BCUT2D eigenvalue weighted by Gasteiger charge is 2.21. The summed E-state index contributed by atoms with van der Waals surface area (Å²) >= 11 is 0. The summed E-state index contributed by atoms with van der Waals surface area (Å²) in [6, 6.07) is 12.4. The van der Waals surface area contributed by atoms with Gasteiger partial charge < -0.3 is 10.2 Å². The summed E-state index contributed by atoms with van der Waals surface area (Å²) < 4.78 is 38.1. The van der Waals surface area contributed by atoms with Crippen molar-refractivity contribution < 1.29 is 17.6 Å². The van der Waals surface area contributed by atoms with Crippen LogP contribution in [0.3, 0.4) is 0 Å². The van der Waals surface area contributed by atoms with E-state index in [4.69, 9.17) is 0 Å². The van der Waals surface area contributed by atoms with Crippen molar-refractivity contribution in [2.75, 3.05) is 40.4 Å². The van der Waals surface area contributed by atoms with E-state index in [1.165, 1.54) is 25.0 Å². The first-order valence-corrected chi connectivity index (χ1v) is 10.6. The van der Waals surface area contributed by atoms with Gasteiger partial charge in [-0.3, -0.25) is 9.10 Å². The van der Waals surface area contributed by atoms with Gasteiger partial charge in [0, 0.05) is 24.5 Å². The van der Waals surface area contributed by atoms with E-state index >= 15 is 0 Å². The number of halogens is 1. The molecular weight excluding hydrogens is 369 g/mol. The Hall–Kier alpha value is -2.61. The van der Waals surface area contributed by atoms with Crippen LogP contribution in [0.15, 0.2) is 48.5 Å². The number of carbonyl (C=O) groups is 1. The number of benzene rings is 2. The molecule has 0 atom stereocenters. The van der Waals surface area contributed by atoms with Crippen LogP contribution in [0.4, 0.5) is 21.5 Å². The van der Waals surface area contributed by atoms with Crippen LogP contribution in [-0.2, 0) is 14.8 Å². The maximum atomic E-state index is 13.1. The molecule has 0 aliphatic carbocycles. The van der Waals surface area contributed by atoms with Crippen molar-refractivity contribution in [3.8, 4) is 0 Å². The maximum Gasteiger partial charge on any atom is 0.245 e. The van der Waals surface area contributed by atoms with Crippen LogP contribution in [0, 0.1) is 5.82 Å². The Bertz CT molecular complexity index is 893. The summed E-state index contributed by atoms with van der Waals surface area (Å²) in [6.07, 6.45) is 3.38. The highest BCUT2D eigenvalue weighted by atomic mass is 32.2. The first-order chi connectivity index (χ1) is 12.8. The number of hydrogen-bond acceptors (Lipinski definition) is 4. The summed E-state index contributed by atoms with van der Waals surface area (Å²) in [6.45, 7) is 1.68. The van der Waals surface area contributed by atoms with E-state index in [1.807, 2.05) is 12.1 Å². The number of carbonyl (C=O) groups excluding carboxylic acids is 1. The lowest BCUT2D eigenvalue weighted by molar-refractivity contribution is -0.114. The van der Waals surface area contributed by atoms with Gasteiger partial charge in [0.2, 0.25) is 15.9 Å². The molecule has 1 amide bonds. The van der Waals surface area contributed by atoms with Gasteiger partial charge in [0.15, 0.2) is 0 Å². The maximum absolute atomic E-state index is 13.1. The van der Waals surface area contributed by atoms with Gasteiger partial charge >= 0.3 is 0 Å². The molecule has 1 N–H and O–H groups in total. The zero-order valence-electron chi connectivity index (χ0n) is 15.1. The molecule has 2 aromatic carbocycles. The number of amides is 1. The van der Waals surface area contributed by atoms with E-state index in [9.17, 15) is 17.6 Å². The molecule has 0 spiro atoms. The van der Waals surface area contributed by atoms with Gasteiger partial charge in [0.25, 0.3) is 0 Å².